The molecule has 1 fully saturated rings. The van der Waals surface area contributed by atoms with Crippen molar-refractivity contribution in [1.29, 1.82) is 0 Å². The molecule has 1 N–H and O–H groups in total. The summed E-state index contributed by atoms with van der Waals surface area (Å²) < 4.78 is 1.87. The van der Waals surface area contributed by atoms with Gasteiger partial charge in [0.2, 0.25) is 5.91 Å². The van der Waals surface area contributed by atoms with Crippen molar-refractivity contribution in [3.05, 3.63) is 47.1 Å². The smallest absolute Gasteiger partial charge is 0.271 e. The van der Waals surface area contributed by atoms with Crippen LogP contribution in [0.25, 0.3) is 16.2 Å². The second kappa shape index (κ2) is 7.75. The fourth-order valence-electron chi connectivity index (χ4n) is 3.63. The minimum Gasteiger partial charge on any atom is -0.356 e. The van der Waals surface area contributed by atoms with Gasteiger partial charge in [0.05, 0.1) is 11.6 Å². The fourth-order valence-corrected chi connectivity index (χ4v) is 4.47. The number of nitrogens with one attached hydrogen (secondary N) is 1. The van der Waals surface area contributed by atoms with Crippen molar-refractivity contribution >= 4 is 28.1 Å². The van der Waals surface area contributed by atoms with E-state index in [-0.39, 0.29) is 17.7 Å². The van der Waals surface area contributed by atoms with Crippen molar-refractivity contribution in [2.45, 2.75) is 26.7 Å². The Hall–Kier alpha value is -2.67. The molecule has 3 aromatic rings. The molecule has 1 aliphatic heterocycles. The lowest BCUT2D eigenvalue weighted by molar-refractivity contribution is -0.124. The predicted octanol–water partition coefficient (Wildman–Crippen LogP) is 3.22. The van der Waals surface area contributed by atoms with Gasteiger partial charge in [0, 0.05) is 36.8 Å². The molecule has 0 spiro atoms. The van der Waals surface area contributed by atoms with Crippen LogP contribution in [0.3, 0.4) is 0 Å². The Morgan fingerprint density at radius 2 is 2.04 bits per heavy atom. The summed E-state index contributed by atoms with van der Waals surface area (Å²) in [6.45, 7) is 5.74. The van der Waals surface area contributed by atoms with E-state index in [1.54, 1.807) is 4.90 Å². The average Bonchev–Trinajstić information content (AvgIpc) is 3.43. The zero-order valence-corrected chi connectivity index (χ0v) is 17.0. The first kappa shape index (κ1) is 18.7. The van der Waals surface area contributed by atoms with Crippen LogP contribution in [-0.2, 0) is 11.2 Å². The van der Waals surface area contributed by atoms with Gasteiger partial charge in [0.25, 0.3) is 5.91 Å². The van der Waals surface area contributed by atoms with Crippen molar-refractivity contribution in [3.8, 4) is 11.3 Å². The topological polar surface area (TPSA) is 66.7 Å². The summed E-state index contributed by atoms with van der Waals surface area (Å²) in [5.41, 5.74) is 3.81. The first-order valence-corrected chi connectivity index (χ1v) is 10.6. The minimum atomic E-state index is -0.117. The van der Waals surface area contributed by atoms with E-state index in [1.165, 1.54) is 16.9 Å². The molecule has 1 saturated heterocycles. The van der Waals surface area contributed by atoms with Crippen LogP contribution < -0.4 is 5.32 Å². The molecule has 0 bridgehead atoms. The number of hydrogen-bond donors (Lipinski definition) is 1. The number of carbonyl (C=O) groups excluding carboxylic acids is 2. The lowest BCUT2D eigenvalue weighted by Gasteiger charge is -2.15. The van der Waals surface area contributed by atoms with Gasteiger partial charge in [-0.05, 0) is 25.3 Å². The summed E-state index contributed by atoms with van der Waals surface area (Å²) in [4.78, 5) is 32.3. The molecule has 2 amide bonds. The number of carbonyl (C=O) groups is 2. The second-order valence-electron chi connectivity index (χ2n) is 7.08. The van der Waals surface area contributed by atoms with Gasteiger partial charge in [-0.1, -0.05) is 31.2 Å². The van der Waals surface area contributed by atoms with Crippen molar-refractivity contribution in [2.24, 2.45) is 5.92 Å². The Balaban J connectivity index is 1.55. The van der Waals surface area contributed by atoms with Crippen LogP contribution in [0.15, 0.2) is 35.8 Å². The summed E-state index contributed by atoms with van der Waals surface area (Å²) in [7, 11) is 0. The second-order valence-corrected chi connectivity index (χ2v) is 7.92. The van der Waals surface area contributed by atoms with Crippen LogP contribution in [0.1, 0.15) is 36.3 Å². The van der Waals surface area contributed by atoms with E-state index in [0.717, 1.165) is 22.6 Å². The molecule has 0 aliphatic carbocycles. The van der Waals surface area contributed by atoms with Gasteiger partial charge in [-0.15, -0.1) is 11.3 Å². The van der Waals surface area contributed by atoms with Gasteiger partial charge in [0.15, 0.2) is 4.96 Å². The van der Waals surface area contributed by atoms with Crippen LogP contribution in [0.5, 0.6) is 0 Å². The molecule has 0 unspecified atom stereocenters. The first-order chi connectivity index (χ1) is 13.6. The molecule has 1 aliphatic rings. The number of aromatic nitrogens is 2. The molecule has 28 heavy (non-hydrogen) atoms. The molecule has 2 aromatic heterocycles. The number of nitrogens with zero attached hydrogens (tertiary/aromatic N) is 3. The maximum absolute atomic E-state index is 13.0. The zero-order chi connectivity index (χ0) is 19.7. The molecule has 6 nitrogen and oxygen atoms in total. The normalized spacial score (nSPS) is 16.6. The Labute approximate surface area is 168 Å². The molecular formula is C21H24N4O2S. The number of aryl methyl sites for hydroxylation is 1. The molecular weight excluding hydrogens is 372 g/mol. The van der Waals surface area contributed by atoms with Crippen molar-refractivity contribution in [2.75, 3.05) is 19.6 Å². The van der Waals surface area contributed by atoms with Gasteiger partial charge in [-0.3, -0.25) is 14.0 Å². The SMILES string of the molecule is CCNC(=O)[C@@H]1CCN(C(=O)c2csc3nc(-c4ccc(CC)cc4)cn23)C1. The van der Waals surface area contributed by atoms with Gasteiger partial charge in [-0.2, -0.15) is 0 Å². The van der Waals surface area contributed by atoms with E-state index in [9.17, 15) is 9.59 Å². The van der Waals surface area contributed by atoms with E-state index in [0.29, 0.717) is 31.7 Å². The Bertz CT molecular complexity index is 1010. The maximum atomic E-state index is 13.0. The largest absolute Gasteiger partial charge is 0.356 e. The summed E-state index contributed by atoms with van der Waals surface area (Å²) in [6, 6.07) is 8.37. The third-order valence-corrected chi connectivity index (χ3v) is 6.12. The van der Waals surface area contributed by atoms with Crippen LogP contribution in [-0.4, -0.2) is 45.7 Å². The summed E-state index contributed by atoms with van der Waals surface area (Å²) in [6.07, 6.45) is 3.64. The Morgan fingerprint density at radius 3 is 2.75 bits per heavy atom. The third kappa shape index (κ3) is 3.42. The van der Waals surface area contributed by atoms with E-state index in [1.807, 2.05) is 22.9 Å². The number of hydrogen-bond acceptors (Lipinski definition) is 4. The number of likely N-dealkylation sites (tertiary alicyclic amines) is 1. The molecule has 146 valence electrons. The van der Waals surface area contributed by atoms with E-state index >= 15 is 0 Å². The van der Waals surface area contributed by atoms with Crippen LogP contribution in [0.2, 0.25) is 0 Å². The van der Waals surface area contributed by atoms with Crippen molar-refractivity contribution in [1.82, 2.24) is 19.6 Å². The number of thiazole rings is 1. The number of rotatable bonds is 5. The molecule has 1 atom stereocenters. The van der Waals surface area contributed by atoms with Crippen molar-refractivity contribution < 1.29 is 9.59 Å². The number of benzene rings is 1. The average molecular weight is 397 g/mol. The summed E-state index contributed by atoms with van der Waals surface area (Å²) in [5.74, 6) is -0.120. The lowest BCUT2D eigenvalue weighted by atomic mass is 10.1. The molecule has 3 heterocycles. The molecule has 1 aromatic carbocycles. The van der Waals surface area contributed by atoms with Gasteiger partial charge in [0.1, 0.15) is 5.69 Å². The van der Waals surface area contributed by atoms with Crippen LogP contribution >= 0.6 is 11.3 Å². The van der Waals surface area contributed by atoms with Gasteiger partial charge < -0.3 is 10.2 Å². The fraction of sp³-hybridized carbons (Fsp3) is 0.381. The number of fused-ring (bicyclic) bond motifs is 1. The summed E-state index contributed by atoms with van der Waals surface area (Å²) in [5, 5.41) is 4.71. The highest BCUT2D eigenvalue weighted by molar-refractivity contribution is 7.15. The first-order valence-electron chi connectivity index (χ1n) is 9.73. The predicted molar refractivity (Wildman–Crippen MR) is 111 cm³/mol. The Kier molecular flexibility index (Phi) is 5.17. The standard InChI is InChI=1S/C21H24N4O2S/c1-3-14-5-7-15(8-6-14)17-12-25-18(13-28-21(25)23-17)20(27)24-10-9-16(11-24)19(26)22-4-2/h5-8,12-13,16H,3-4,9-11H2,1-2H3,(H,22,26)/t16-/m1/s1. The monoisotopic (exact) mass is 396 g/mol. The van der Waals surface area contributed by atoms with Gasteiger partial charge >= 0.3 is 0 Å². The van der Waals surface area contributed by atoms with Crippen LogP contribution in [0.4, 0.5) is 0 Å². The minimum absolute atomic E-state index is 0.0358. The molecule has 0 radical (unpaired) electrons. The van der Waals surface area contributed by atoms with E-state index < -0.39 is 0 Å². The zero-order valence-electron chi connectivity index (χ0n) is 16.1. The molecule has 0 saturated carbocycles. The van der Waals surface area contributed by atoms with E-state index in [4.69, 9.17) is 0 Å². The Morgan fingerprint density at radius 1 is 1.25 bits per heavy atom. The van der Waals surface area contributed by atoms with Crippen LogP contribution in [0, 0.1) is 5.92 Å². The number of amides is 2. The van der Waals surface area contributed by atoms with Gasteiger partial charge in [-0.25, -0.2) is 4.98 Å². The summed E-state index contributed by atoms with van der Waals surface area (Å²) >= 11 is 1.46. The highest BCUT2D eigenvalue weighted by Crippen LogP contribution is 2.26. The maximum Gasteiger partial charge on any atom is 0.271 e. The third-order valence-electron chi connectivity index (χ3n) is 5.28. The molecule has 7 heteroatoms. The highest BCUT2D eigenvalue weighted by Gasteiger charge is 2.32. The van der Waals surface area contributed by atoms with E-state index in [2.05, 4.69) is 41.5 Å². The lowest BCUT2D eigenvalue weighted by Crippen LogP contribution is -2.34. The quantitative estimate of drug-likeness (QED) is 0.720. The molecule has 4 rings (SSSR count). The number of imidazole rings is 1. The van der Waals surface area contributed by atoms with Crippen molar-refractivity contribution in [3.63, 3.8) is 0 Å². The highest BCUT2D eigenvalue weighted by atomic mass is 32.1.